The number of aromatic nitrogens is 2. The number of hydrogen-bond donors (Lipinski definition) is 1. The maximum absolute atomic E-state index is 12.7. The molecule has 0 aliphatic heterocycles. The third-order valence-corrected chi connectivity index (χ3v) is 5.09. The summed E-state index contributed by atoms with van der Waals surface area (Å²) in [6.07, 6.45) is 7.19. The number of carbonyl (C=O) groups excluding carboxylic acids is 1. The van der Waals surface area contributed by atoms with Crippen molar-refractivity contribution in [2.75, 3.05) is 13.7 Å². The standard InChI is InChI=1S/C22H26ClN3O2/c1-3-4-7-12-24-22(27)13-18(17-8-5-6-9-20(17)28-2)19-14-25-21-11-10-16(23)15-26(19)21/h5-6,8-11,14-15,18H,3-4,7,12-13H2,1-2H3,(H,24,27). The Hall–Kier alpha value is -2.53. The summed E-state index contributed by atoms with van der Waals surface area (Å²) in [5, 5.41) is 3.66. The van der Waals surface area contributed by atoms with E-state index in [0.717, 1.165) is 41.9 Å². The summed E-state index contributed by atoms with van der Waals surface area (Å²) in [5.41, 5.74) is 2.66. The molecule has 0 saturated carbocycles. The maximum Gasteiger partial charge on any atom is 0.221 e. The van der Waals surface area contributed by atoms with Crippen molar-refractivity contribution in [2.24, 2.45) is 0 Å². The Kier molecular flexibility index (Phi) is 6.93. The van der Waals surface area contributed by atoms with E-state index >= 15 is 0 Å². The predicted octanol–water partition coefficient (Wildman–Crippen LogP) is 4.82. The van der Waals surface area contributed by atoms with Crippen molar-refractivity contribution in [1.29, 1.82) is 0 Å². The quantitative estimate of drug-likeness (QED) is 0.524. The normalized spacial score (nSPS) is 12.1. The lowest BCUT2D eigenvalue weighted by molar-refractivity contribution is -0.121. The van der Waals surface area contributed by atoms with Crippen LogP contribution in [0.5, 0.6) is 5.75 Å². The molecule has 1 unspecified atom stereocenters. The zero-order chi connectivity index (χ0) is 19.9. The van der Waals surface area contributed by atoms with Crippen LogP contribution >= 0.6 is 11.6 Å². The molecule has 1 atom stereocenters. The van der Waals surface area contributed by atoms with Crippen LogP contribution in [0.3, 0.4) is 0 Å². The van der Waals surface area contributed by atoms with E-state index in [2.05, 4.69) is 17.2 Å². The minimum Gasteiger partial charge on any atom is -0.496 e. The van der Waals surface area contributed by atoms with Gasteiger partial charge in [0.15, 0.2) is 0 Å². The highest BCUT2D eigenvalue weighted by molar-refractivity contribution is 6.30. The number of amides is 1. The molecule has 28 heavy (non-hydrogen) atoms. The second-order valence-corrected chi connectivity index (χ2v) is 7.25. The molecule has 2 heterocycles. The van der Waals surface area contributed by atoms with Crippen LogP contribution < -0.4 is 10.1 Å². The number of para-hydroxylation sites is 1. The van der Waals surface area contributed by atoms with Gasteiger partial charge in [0.05, 0.1) is 17.8 Å². The van der Waals surface area contributed by atoms with Crippen molar-refractivity contribution >= 4 is 23.2 Å². The molecule has 148 valence electrons. The van der Waals surface area contributed by atoms with Crippen LogP contribution in [0.15, 0.2) is 48.8 Å². The van der Waals surface area contributed by atoms with E-state index in [9.17, 15) is 4.79 Å². The zero-order valence-corrected chi connectivity index (χ0v) is 17.1. The minimum absolute atomic E-state index is 0.0176. The fraction of sp³-hybridized carbons (Fsp3) is 0.364. The van der Waals surface area contributed by atoms with Gasteiger partial charge < -0.3 is 14.5 Å². The average Bonchev–Trinajstić information content (AvgIpc) is 3.12. The first-order valence-electron chi connectivity index (χ1n) is 9.66. The molecule has 1 N–H and O–H groups in total. The number of rotatable bonds is 9. The number of nitrogens with zero attached hydrogens (tertiary/aromatic N) is 2. The number of pyridine rings is 1. The van der Waals surface area contributed by atoms with Gasteiger partial charge >= 0.3 is 0 Å². The van der Waals surface area contributed by atoms with Gasteiger partial charge in [-0.1, -0.05) is 49.6 Å². The summed E-state index contributed by atoms with van der Waals surface area (Å²) < 4.78 is 7.52. The monoisotopic (exact) mass is 399 g/mol. The molecule has 0 aliphatic rings. The lowest BCUT2D eigenvalue weighted by Gasteiger charge is -2.20. The van der Waals surface area contributed by atoms with Crippen molar-refractivity contribution in [3.05, 3.63) is 65.1 Å². The van der Waals surface area contributed by atoms with Gasteiger partial charge in [0.1, 0.15) is 11.4 Å². The Morgan fingerprint density at radius 3 is 2.86 bits per heavy atom. The maximum atomic E-state index is 12.7. The lowest BCUT2D eigenvalue weighted by Crippen LogP contribution is -2.26. The van der Waals surface area contributed by atoms with E-state index in [1.54, 1.807) is 7.11 Å². The Morgan fingerprint density at radius 1 is 1.25 bits per heavy atom. The van der Waals surface area contributed by atoms with Crippen LogP contribution in [-0.4, -0.2) is 28.9 Å². The Balaban J connectivity index is 1.95. The van der Waals surface area contributed by atoms with Gasteiger partial charge in [-0.2, -0.15) is 0 Å². The number of benzene rings is 1. The van der Waals surface area contributed by atoms with Gasteiger partial charge in [-0.05, 0) is 24.6 Å². The molecule has 0 bridgehead atoms. The number of unbranched alkanes of at least 4 members (excludes halogenated alkanes) is 2. The molecule has 0 radical (unpaired) electrons. The number of fused-ring (bicyclic) bond motifs is 1. The van der Waals surface area contributed by atoms with Crippen molar-refractivity contribution in [2.45, 2.75) is 38.5 Å². The number of methoxy groups -OCH3 is 1. The largest absolute Gasteiger partial charge is 0.496 e. The highest BCUT2D eigenvalue weighted by atomic mass is 35.5. The van der Waals surface area contributed by atoms with Crippen LogP contribution in [0.25, 0.3) is 5.65 Å². The van der Waals surface area contributed by atoms with Gasteiger partial charge in [-0.15, -0.1) is 0 Å². The molecule has 3 rings (SSSR count). The van der Waals surface area contributed by atoms with E-state index < -0.39 is 0 Å². The van der Waals surface area contributed by atoms with E-state index in [1.165, 1.54) is 0 Å². The number of carbonyl (C=O) groups is 1. The van der Waals surface area contributed by atoms with Crippen molar-refractivity contribution in [1.82, 2.24) is 14.7 Å². The van der Waals surface area contributed by atoms with E-state index in [-0.39, 0.29) is 11.8 Å². The molecular weight excluding hydrogens is 374 g/mol. The first-order chi connectivity index (χ1) is 13.6. The highest BCUT2D eigenvalue weighted by Gasteiger charge is 2.24. The van der Waals surface area contributed by atoms with Crippen LogP contribution in [0, 0.1) is 0 Å². The van der Waals surface area contributed by atoms with E-state index in [4.69, 9.17) is 16.3 Å². The molecule has 3 aromatic rings. The summed E-state index contributed by atoms with van der Waals surface area (Å²) in [6, 6.07) is 11.5. The predicted molar refractivity (Wildman–Crippen MR) is 112 cm³/mol. The van der Waals surface area contributed by atoms with Gasteiger partial charge in [-0.3, -0.25) is 4.79 Å². The zero-order valence-electron chi connectivity index (χ0n) is 16.3. The number of nitrogens with one attached hydrogen (secondary N) is 1. The molecular formula is C22H26ClN3O2. The number of hydrogen-bond acceptors (Lipinski definition) is 3. The summed E-state index contributed by atoms with van der Waals surface area (Å²) in [5.74, 6) is 0.572. The lowest BCUT2D eigenvalue weighted by atomic mass is 9.91. The van der Waals surface area contributed by atoms with Crippen LogP contribution in [0.2, 0.25) is 5.02 Å². The highest BCUT2D eigenvalue weighted by Crippen LogP contribution is 2.35. The average molecular weight is 400 g/mol. The van der Waals surface area contributed by atoms with Gasteiger partial charge in [-0.25, -0.2) is 4.98 Å². The minimum atomic E-state index is -0.198. The topological polar surface area (TPSA) is 55.6 Å². The van der Waals surface area contributed by atoms with Crippen molar-refractivity contribution in [3.8, 4) is 5.75 Å². The van der Waals surface area contributed by atoms with E-state index in [0.29, 0.717) is 18.0 Å². The fourth-order valence-corrected chi connectivity index (χ4v) is 3.58. The van der Waals surface area contributed by atoms with Crippen LogP contribution in [0.1, 0.15) is 49.8 Å². The molecule has 5 nitrogen and oxygen atoms in total. The molecule has 0 saturated heterocycles. The molecule has 0 fully saturated rings. The van der Waals surface area contributed by atoms with Gasteiger partial charge in [0.2, 0.25) is 5.91 Å². The van der Waals surface area contributed by atoms with Crippen LogP contribution in [-0.2, 0) is 4.79 Å². The third kappa shape index (κ3) is 4.65. The smallest absolute Gasteiger partial charge is 0.221 e. The summed E-state index contributed by atoms with van der Waals surface area (Å²) in [6.45, 7) is 2.85. The molecule has 1 aromatic carbocycles. The van der Waals surface area contributed by atoms with E-state index in [1.807, 2.05) is 53.2 Å². The number of halogens is 1. The summed E-state index contributed by atoms with van der Waals surface area (Å²) in [4.78, 5) is 17.2. The molecule has 0 aliphatic carbocycles. The fourth-order valence-electron chi connectivity index (χ4n) is 3.42. The van der Waals surface area contributed by atoms with Gasteiger partial charge in [0, 0.05) is 36.8 Å². The summed E-state index contributed by atoms with van der Waals surface area (Å²) in [7, 11) is 1.64. The molecule has 0 spiro atoms. The second-order valence-electron chi connectivity index (χ2n) is 6.81. The molecule has 6 heteroatoms. The third-order valence-electron chi connectivity index (χ3n) is 4.86. The van der Waals surface area contributed by atoms with Crippen LogP contribution in [0.4, 0.5) is 0 Å². The summed E-state index contributed by atoms with van der Waals surface area (Å²) >= 11 is 6.21. The Morgan fingerprint density at radius 2 is 2.07 bits per heavy atom. The SMILES string of the molecule is CCCCCNC(=O)CC(c1ccccc1OC)c1cnc2ccc(Cl)cn12. The Bertz CT molecular complexity index is 938. The van der Waals surface area contributed by atoms with Gasteiger partial charge in [0.25, 0.3) is 0 Å². The number of imidazole rings is 1. The molecule has 2 aromatic heterocycles. The van der Waals surface area contributed by atoms with Crippen molar-refractivity contribution < 1.29 is 9.53 Å². The number of ether oxygens (including phenoxy) is 1. The van der Waals surface area contributed by atoms with Crippen molar-refractivity contribution in [3.63, 3.8) is 0 Å². The Labute approximate surface area is 170 Å². The first-order valence-corrected chi connectivity index (χ1v) is 10.0. The molecule has 1 amide bonds. The second kappa shape index (κ2) is 9.60. The first kappa shape index (κ1) is 20.2.